The summed E-state index contributed by atoms with van der Waals surface area (Å²) in [4.78, 5) is 0. The van der Waals surface area contributed by atoms with Gasteiger partial charge in [-0.3, -0.25) is 0 Å². The molecular weight excluding hydrogens is 317 g/mol. The van der Waals surface area contributed by atoms with Crippen LogP contribution >= 0.6 is 34.8 Å². The molecule has 1 aliphatic carbocycles. The first-order valence-corrected chi connectivity index (χ1v) is 8.24. The zero-order valence-electron chi connectivity index (χ0n) is 11.6. The van der Waals surface area contributed by atoms with Gasteiger partial charge < -0.3 is 10.1 Å². The van der Waals surface area contributed by atoms with Crippen LogP contribution in [0.5, 0.6) is 5.75 Å². The summed E-state index contributed by atoms with van der Waals surface area (Å²) in [6.45, 7) is 2.83. The van der Waals surface area contributed by atoms with Crippen LogP contribution in [0.15, 0.2) is 12.1 Å². The molecule has 1 atom stereocenters. The Kier molecular flexibility index (Phi) is 6.28. The Morgan fingerprint density at radius 1 is 1.10 bits per heavy atom. The van der Waals surface area contributed by atoms with Crippen molar-refractivity contribution in [1.29, 1.82) is 0 Å². The van der Waals surface area contributed by atoms with E-state index < -0.39 is 0 Å². The van der Waals surface area contributed by atoms with Crippen molar-refractivity contribution in [2.45, 2.75) is 51.2 Å². The number of rotatable bonds is 5. The van der Waals surface area contributed by atoms with Crippen molar-refractivity contribution in [3.05, 3.63) is 27.2 Å². The lowest BCUT2D eigenvalue weighted by molar-refractivity contribution is 0.205. The van der Waals surface area contributed by atoms with Gasteiger partial charge in [-0.05, 0) is 25.8 Å². The lowest BCUT2D eigenvalue weighted by atomic mass is 9.95. The van der Waals surface area contributed by atoms with Crippen molar-refractivity contribution in [2.75, 3.05) is 6.54 Å². The normalized spacial score (nSPS) is 18.0. The highest BCUT2D eigenvalue weighted by molar-refractivity contribution is 6.43. The van der Waals surface area contributed by atoms with E-state index in [1.54, 1.807) is 12.1 Å². The fraction of sp³-hybridized carbons (Fsp3) is 0.600. The van der Waals surface area contributed by atoms with Crippen LogP contribution in [0.3, 0.4) is 0 Å². The first-order valence-electron chi connectivity index (χ1n) is 7.11. The van der Waals surface area contributed by atoms with Gasteiger partial charge in [0, 0.05) is 18.7 Å². The first-order chi connectivity index (χ1) is 9.56. The molecule has 0 radical (unpaired) electrons. The van der Waals surface area contributed by atoms with E-state index in [2.05, 4.69) is 5.32 Å². The molecule has 1 aliphatic rings. The molecule has 0 aromatic heterocycles. The van der Waals surface area contributed by atoms with Crippen molar-refractivity contribution >= 4 is 34.8 Å². The maximum absolute atomic E-state index is 6.11. The molecule has 1 aromatic carbocycles. The van der Waals surface area contributed by atoms with Gasteiger partial charge in [0.25, 0.3) is 0 Å². The quantitative estimate of drug-likeness (QED) is 0.733. The van der Waals surface area contributed by atoms with Gasteiger partial charge in [-0.25, -0.2) is 0 Å². The third-order valence-corrected chi connectivity index (χ3v) is 4.62. The molecule has 2 nitrogen and oxygen atoms in total. The Morgan fingerprint density at radius 2 is 1.75 bits per heavy atom. The Hall–Kier alpha value is -0.150. The third kappa shape index (κ3) is 4.70. The fourth-order valence-electron chi connectivity index (χ4n) is 2.49. The van der Waals surface area contributed by atoms with Gasteiger partial charge in [0.05, 0.1) is 15.1 Å². The van der Waals surface area contributed by atoms with Crippen molar-refractivity contribution in [1.82, 2.24) is 5.32 Å². The Balaban J connectivity index is 1.84. The Bertz CT molecular complexity index is 447. The summed E-state index contributed by atoms with van der Waals surface area (Å²) < 4.78 is 5.83. The highest BCUT2D eigenvalue weighted by atomic mass is 35.5. The van der Waals surface area contributed by atoms with Crippen molar-refractivity contribution in [3.8, 4) is 5.75 Å². The molecule has 2 rings (SSSR count). The number of hydrogen-bond acceptors (Lipinski definition) is 2. The van der Waals surface area contributed by atoms with E-state index in [4.69, 9.17) is 39.5 Å². The number of benzene rings is 1. The molecular formula is C15H20Cl3NO. The highest BCUT2D eigenvalue weighted by Crippen LogP contribution is 2.34. The molecule has 1 saturated carbocycles. The van der Waals surface area contributed by atoms with Gasteiger partial charge in [-0.2, -0.15) is 0 Å². The van der Waals surface area contributed by atoms with E-state index in [1.165, 1.54) is 32.1 Å². The summed E-state index contributed by atoms with van der Waals surface area (Å²) in [6.07, 6.45) is 6.58. The van der Waals surface area contributed by atoms with Crippen LogP contribution in [0.25, 0.3) is 0 Å². The summed E-state index contributed by atoms with van der Waals surface area (Å²) in [5.74, 6) is 0.582. The topological polar surface area (TPSA) is 21.3 Å². The minimum atomic E-state index is 0.0340. The molecule has 0 spiro atoms. The van der Waals surface area contributed by atoms with Crippen LogP contribution in [-0.2, 0) is 0 Å². The lowest BCUT2D eigenvalue weighted by Crippen LogP contribution is -2.37. The predicted molar refractivity (Wildman–Crippen MR) is 86.4 cm³/mol. The lowest BCUT2D eigenvalue weighted by Gasteiger charge is -2.25. The van der Waals surface area contributed by atoms with E-state index in [1.807, 2.05) is 6.92 Å². The Morgan fingerprint density at radius 3 is 2.45 bits per heavy atom. The van der Waals surface area contributed by atoms with Crippen molar-refractivity contribution in [2.24, 2.45) is 0 Å². The van der Waals surface area contributed by atoms with Crippen molar-refractivity contribution < 1.29 is 4.74 Å². The fourth-order valence-corrected chi connectivity index (χ4v) is 3.07. The molecule has 1 aromatic rings. The van der Waals surface area contributed by atoms with Crippen LogP contribution in [0.1, 0.15) is 39.0 Å². The second kappa shape index (κ2) is 7.74. The molecule has 1 unspecified atom stereocenters. The molecule has 1 fully saturated rings. The minimum Gasteiger partial charge on any atom is -0.488 e. The van der Waals surface area contributed by atoms with Gasteiger partial charge in [0.1, 0.15) is 11.9 Å². The summed E-state index contributed by atoms with van der Waals surface area (Å²) in [5, 5.41) is 4.95. The molecule has 112 valence electrons. The maximum Gasteiger partial charge on any atom is 0.139 e. The second-order valence-electron chi connectivity index (χ2n) is 5.37. The largest absolute Gasteiger partial charge is 0.488 e. The molecule has 0 amide bonds. The van der Waals surface area contributed by atoms with Crippen LogP contribution < -0.4 is 10.1 Å². The maximum atomic E-state index is 6.11. The summed E-state index contributed by atoms with van der Waals surface area (Å²) in [6, 6.07) is 3.91. The number of hydrogen-bond donors (Lipinski definition) is 1. The predicted octanol–water partition coefficient (Wildman–Crippen LogP) is 5.34. The zero-order chi connectivity index (χ0) is 14.5. The first kappa shape index (κ1) is 16.2. The second-order valence-corrected chi connectivity index (χ2v) is 6.59. The highest BCUT2D eigenvalue weighted by Gasteiger charge is 2.15. The minimum absolute atomic E-state index is 0.0340. The van der Waals surface area contributed by atoms with Crippen molar-refractivity contribution in [3.63, 3.8) is 0 Å². The average molecular weight is 337 g/mol. The molecule has 0 bridgehead atoms. The summed E-state index contributed by atoms with van der Waals surface area (Å²) >= 11 is 18.0. The van der Waals surface area contributed by atoms with E-state index in [0.717, 1.165) is 6.54 Å². The van der Waals surface area contributed by atoms with E-state index in [0.29, 0.717) is 26.9 Å². The van der Waals surface area contributed by atoms with Crippen LogP contribution in [-0.4, -0.2) is 18.7 Å². The average Bonchev–Trinajstić information content (AvgIpc) is 2.44. The molecule has 5 heteroatoms. The molecule has 0 heterocycles. The summed E-state index contributed by atoms with van der Waals surface area (Å²) in [5.41, 5.74) is 0. The number of ether oxygens (including phenoxy) is 1. The third-order valence-electron chi connectivity index (χ3n) is 3.60. The molecule has 1 N–H and O–H groups in total. The standard InChI is InChI=1S/C15H20Cl3NO/c1-10(9-19-11-5-3-2-4-6-11)20-15-8-13(17)12(16)7-14(15)18/h7-8,10-11,19H,2-6,9H2,1H3. The van der Waals surface area contributed by atoms with E-state index in [9.17, 15) is 0 Å². The van der Waals surface area contributed by atoms with Gasteiger partial charge in [0.2, 0.25) is 0 Å². The molecule has 20 heavy (non-hydrogen) atoms. The van der Waals surface area contributed by atoms with Gasteiger partial charge in [-0.15, -0.1) is 0 Å². The van der Waals surface area contributed by atoms with E-state index in [-0.39, 0.29) is 6.10 Å². The smallest absolute Gasteiger partial charge is 0.139 e. The SMILES string of the molecule is CC(CNC1CCCCC1)Oc1cc(Cl)c(Cl)cc1Cl. The number of nitrogens with one attached hydrogen (secondary N) is 1. The van der Waals surface area contributed by atoms with Crippen LogP contribution in [0.2, 0.25) is 15.1 Å². The molecule has 0 saturated heterocycles. The van der Waals surface area contributed by atoms with E-state index >= 15 is 0 Å². The molecule has 0 aliphatic heterocycles. The van der Waals surface area contributed by atoms with Gasteiger partial charge in [0.15, 0.2) is 0 Å². The number of halogens is 3. The van der Waals surface area contributed by atoms with Crippen LogP contribution in [0, 0.1) is 0 Å². The van der Waals surface area contributed by atoms with Crippen LogP contribution in [0.4, 0.5) is 0 Å². The monoisotopic (exact) mass is 335 g/mol. The zero-order valence-corrected chi connectivity index (χ0v) is 13.9. The van der Waals surface area contributed by atoms with Gasteiger partial charge >= 0.3 is 0 Å². The summed E-state index contributed by atoms with van der Waals surface area (Å²) in [7, 11) is 0. The van der Waals surface area contributed by atoms with Gasteiger partial charge in [-0.1, -0.05) is 54.1 Å². The Labute approximate surface area is 135 Å².